The second-order valence-electron chi connectivity index (χ2n) is 4.52. The summed E-state index contributed by atoms with van der Waals surface area (Å²) in [6.07, 6.45) is 0. The SMILES string of the molecule is Cn1nc(-c2ccc(=O)[nH]c2O)c2ccc([N+](=O)[O-])cc21. The van der Waals surface area contributed by atoms with Crippen LogP contribution < -0.4 is 5.56 Å². The van der Waals surface area contributed by atoms with E-state index in [2.05, 4.69) is 10.1 Å². The lowest BCUT2D eigenvalue weighted by molar-refractivity contribution is -0.384. The fraction of sp³-hybridized carbons (Fsp3) is 0.0769. The summed E-state index contributed by atoms with van der Waals surface area (Å²) < 4.78 is 1.49. The Hall–Kier alpha value is -3.16. The van der Waals surface area contributed by atoms with E-state index in [0.717, 1.165) is 0 Å². The molecular weight excluding hydrogens is 276 g/mol. The minimum Gasteiger partial charge on any atom is -0.494 e. The lowest BCUT2D eigenvalue weighted by Gasteiger charge is -2.00. The van der Waals surface area contributed by atoms with Crippen molar-refractivity contribution in [1.29, 1.82) is 0 Å². The summed E-state index contributed by atoms with van der Waals surface area (Å²) in [5.41, 5.74) is 0.893. The van der Waals surface area contributed by atoms with Crippen molar-refractivity contribution in [1.82, 2.24) is 14.8 Å². The summed E-state index contributed by atoms with van der Waals surface area (Å²) in [4.78, 5) is 23.8. The fourth-order valence-electron chi connectivity index (χ4n) is 2.21. The van der Waals surface area contributed by atoms with Gasteiger partial charge >= 0.3 is 0 Å². The van der Waals surface area contributed by atoms with Crippen LogP contribution in [0.4, 0.5) is 5.69 Å². The first-order chi connectivity index (χ1) is 9.97. The molecule has 21 heavy (non-hydrogen) atoms. The zero-order valence-corrected chi connectivity index (χ0v) is 10.9. The average Bonchev–Trinajstić information content (AvgIpc) is 2.75. The van der Waals surface area contributed by atoms with Gasteiger partial charge in [0.15, 0.2) is 0 Å². The summed E-state index contributed by atoms with van der Waals surface area (Å²) in [6.45, 7) is 0. The largest absolute Gasteiger partial charge is 0.494 e. The Balaban J connectivity index is 2.29. The summed E-state index contributed by atoms with van der Waals surface area (Å²) in [7, 11) is 1.65. The number of pyridine rings is 1. The number of non-ortho nitro benzene ring substituents is 1. The van der Waals surface area contributed by atoms with Crippen molar-refractivity contribution in [2.45, 2.75) is 0 Å². The Morgan fingerprint density at radius 3 is 2.76 bits per heavy atom. The van der Waals surface area contributed by atoms with Crippen molar-refractivity contribution in [3.8, 4) is 17.1 Å². The number of nitro benzene ring substituents is 1. The number of aromatic amines is 1. The van der Waals surface area contributed by atoms with Gasteiger partial charge in [-0.2, -0.15) is 5.10 Å². The molecule has 2 N–H and O–H groups in total. The van der Waals surface area contributed by atoms with Crippen molar-refractivity contribution in [3.63, 3.8) is 0 Å². The molecule has 0 aliphatic heterocycles. The van der Waals surface area contributed by atoms with E-state index >= 15 is 0 Å². The van der Waals surface area contributed by atoms with Crippen LogP contribution in [0.1, 0.15) is 0 Å². The number of H-pyrrole nitrogens is 1. The van der Waals surface area contributed by atoms with Crippen LogP contribution in [0.25, 0.3) is 22.2 Å². The molecule has 0 saturated heterocycles. The molecule has 3 aromatic rings. The van der Waals surface area contributed by atoms with E-state index in [1.165, 1.54) is 28.9 Å². The predicted octanol–water partition coefficient (Wildman–Crippen LogP) is 1.54. The Kier molecular flexibility index (Phi) is 2.72. The van der Waals surface area contributed by atoms with Gasteiger partial charge in [-0.05, 0) is 12.1 Å². The highest BCUT2D eigenvalue weighted by molar-refractivity contribution is 5.95. The highest BCUT2D eigenvalue weighted by Crippen LogP contribution is 2.32. The van der Waals surface area contributed by atoms with Gasteiger partial charge < -0.3 is 5.11 Å². The number of aromatic nitrogens is 3. The Morgan fingerprint density at radius 2 is 2.10 bits per heavy atom. The van der Waals surface area contributed by atoms with E-state index in [4.69, 9.17) is 0 Å². The Morgan fingerprint density at radius 1 is 1.33 bits per heavy atom. The molecule has 0 aliphatic rings. The van der Waals surface area contributed by atoms with E-state index < -0.39 is 10.5 Å². The van der Waals surface area contributed by atoms with Gasteiger partial charge in [0.1, 0.15) is 5.69 Å². The highest BCUT2D eigenvalue weighted by Gasteiger charge is 2.17. The monoisotopic (exact) mass is 286 g/mol. The van der Waals surface area contributed by atoms with E-state index in [-0.39, 0.29) is 11.6 Å². The molecule has 0 radical (unpaired) electrons. The Bertz CT molecular complexity index is 926. The zero-order valence-electron chi connectivity index (χ0n) is 10.9. The molecule has 0 unspecified atom stereocenters. The molecule has 0 bridgehead atoms. The van der Waals surface area contributed by atoms with E-state index in [1.54, 1.807) is 13.1 Å². The van der Waals surface area contributed by atoms with Crippen molar-refractivity contribution >= 4 is 16.6 Å². The molecule has 2 heterocycles. The van der Waals surface area contributed by atoms with Crippen LogP contribution in [0.3, 0.4) is 0 Å². The maximum absolute atomic E-state index is 11.1. The van der Waals surface area contributed by atoms with Crippen LogP contribution in [0.15, 0.2) is 35.1 Å². The number of nitrogens with one attached hydrogen (secondary N) is 1. The molecule has 0 saturated carbocycles. The standard InChI is InChI=1S/C13H10N4O4/c1-16-10-6-7(17(20)21)2-3-8(10)12(15-16)9-4-5-11(18)14-13(9)19/h2-6H,1H3,(H2,14,18,19). The number of aryl methyl sites for hydroxylation is 1. The van der Waals surface area contributed by atoms with Crippen molar-refractivity contribution < 1.29 is 10.0 Å². The smallest absolute Gasteiger partial charge is 0.271 e. The first-order valence-corrected chi connectivity index (χ1v) is 6.01. The molecule has 8 heteroatoms. The molecule has 2 aromatic heterocycles. The third-order valence-corrected chi connectivity index (χ3v) is 3.20. The number of benzene rings is 1. The van der Waals surface area contributed by atoms with Crippen LogP contribution in [-0.2, 0) is 7.05 Å². The molecule has 0 fully saturated rings. The van der Waals surface area contributed by atoms with Crippen molar-refractivity contribution in [3.05, 3.63) is 50.8 Å². The first-order valence-electron chi connectivity index (χ1n) is 6.01. The molecule has 1 aromatic carbocycles. The summed E-state index contributed by atoms with van der Waals surface area (Å²) >= 11 is 0. The van der Waals surface area contributed by atoms with Gasteiger partial charge in [0.05, 0.1) is 16.0 Å². The quantitative estimate of drug-likeness (QED) is 0.548. The lowest BCUT2D eigenvalue weighted by atomic mass is 10.1. The lowest BCUT2D eigenvalue weighted by Crippen LogP contribution is -2.03. The number of nitrogens with zero attached hydrogens (tertiary/aromatic N) is 3. The van der Waals surface area contributed by atoms with E-state index in [1.807, 2.05) is 0 Å². The predicted molar refractivity (Wildman–Crippen MR) is 75.1 cm³/mol. The third-order valence-electron chi connectivity index (χ3n) is 3.20. The maximum atomic E-state index is 11.1. The van der Waals surface area contributed by atoms with E-state index in [0.29, 0.717) is 22.2 Å². The second-order valence-corrected chi connectivity index (χ2v) is 4.52. The fourth-order valence-corrected chi connectivity index (χ4v) is 2.21. The number of hydrogen-bond donors (Lipinski definition) is 2. The van der Waals surface area contributed by atoms with Crippen LogP contribution in [0, 0.1) is 10.1 Å². The molecule has 0 amide bonds. The van der Waals surface area contributed by atoms with E-state index in [9.17, 15) is 20.0 Å². The summed E-state index contributed by atoms with van der Waals surface area (Å²) in [6, 6.07) is 7.09. The highest BCUT2D eigenvalue weighted by atomic mass is 16.6. The minimum atomic E-state index is -0.483. The first kappa shape index (κ1) is 12.9. The molecule has 3 rings (SSSR count). The normalized spacial score (nSPS) is 10.9. The minimum absolute atomic E-state index is 0.0391. The third kappa shape index (κ3) is 2.02. The van der Waals surface area contributed by atoms with Crippen molar-refractivity contribution in [2.24, 2.45) is 7.05 Å². The molecule has 0 aliphatic carbocycles. The van der Waals surface area contributed by atoms with Crippen LogP contribution in [-0.4, -0.2) is 24.8 Å². The molecular formula is C13H10N4O4. The van der Waals surface area contributed by atoms with Crippen LogP contribution in [0.5, 0.6) is 5.88 Å². The number of nitro groups is 1. The Labute approximate surface area is 117 Å². The molecule has 0 spiro atoms. The van der Waals surface area contributed by atoms with Gasteiger partial charge in [-0.25, -0.2) is 0 Å². The van der Waals surface area contributed by atoms with Gasteiger partial charge in [-0.15, -0.1) is 0 Å². The van der Waals surface area contributed by atoms with Crippen LogP contribution >= 0.6 is 0 Å². The molecule has 8 nitrogen and oxygen atoms in total. The average molecular weight is 286 g/mol. The summed E-state index contributed by atoms with van der Waals surface area (Å²) in [5, 5.41) is 25.6. The zero-order chi connectivity index (χ0) is 15.1. The van der Waals surface area contributed by atoms with Crippen molar-refractivity contribution in [2.75, 3.05) is 0 Å². The van der Waals surface area contributed by atoms with Gasteiger partial charge in [-0.1, -0.05) is 0 Å². The number of aromatic hydroxyl groups is 1. The van der Waals surface area contributed by atoms with Gasteiger partial charge in [0.25, 0.3) is 11.2 Å². The van der Waals surface area contributed by atoms with Gasteiger partial charge in [0, 0.05) is 30.6 Å². The van der Waals surface area contributed by atoms with Gasteiger partial charge in [0.2, 0.25) is 5.88 Å². The van der Waals surface area contributed by atoms with Crippen LogP contribution in [0.2, 0.25) is 0 Å². The number of hydrogen-bond acceptors (Lipinski definition) is 5. The topological polar surface area (TPSA) is 114 Å². The second kappa shape index (κ2) is 4.44. The number of rotatable bonds is 2. The molecule has 0 atom stereocenters. The molecule has 106 valence electrons. The van der Waals surface area contributed by atoms with Gasteiger partial charge in [-0.3, -0.25) is 24.6 Å². The maximum Gasteiger partial charge on any atom is 0.271 e. The summed E-state index contributed by atoms with van der Waals surface area (Å²) in [5.74, 6) is -0.291. The number of fused-ring (bicyclic) bond motifs is 1.